The van der Waals surface area contributed by atoms with Crippen LogP contribution in [0.5, 0.6) is 5.75 Å². The molecule has 0 saturated carbocycles. The molecule has 0 amide bonds. The van der Waals surface area contributed by atoms with Crippen molar-refractivity contribution in [2.24, 2.45) is 0 Å². The molecule has 1 aliphatic rings. The smallest absolute Gasteiger partial charge is 0.167 e. The molecule has 1 aromatic carbocycles. The molecule has 20 heavy (non-hydrogen) atoms. The topological polar surface area (TPSA) is 34.4 Å². The van der Waals surface area contributed by atoms with Crippen molar-refractivity contribution < 1.29 is 14.2 Å². The van der Waals surface area contributed by atoms with E-state index in [4.69, 9.17) is 4.74 Å². The summed E-state index contributed by atoms with van der Waals surface area (Å²) < 4.78 is 21.1. The van der Waals surface area contributed by atoms with Crippen LogP contribution in [0, 0.1) is 5.82 Å². The molecule has 0 aliphatic heterocycles. The lowest BCUT2D eigenvalue weighted by Crippen LogP contribution is -2.11. The standard InChI is InChI=1S/C16H18FNO2/c1-2-20-16-7-6-11(10-13(16)17)18-9-8-12-14(18)4-3-5-15(12)19/h6-10,15,19H,2-5H2,1H3. The fourth-order valence-corrected chi connectivity index (χ4v) is 2.82. The molecule has 0 radical (unpaired) electrons. The largest absolute Gasteiger partial charge is 0.491 e. The molecule has 1 unspecified atom stereocenters. The van der Waals surface area contributed by atoms with Crippen LogP contribution in [0.25, 0.3) is 5.69 Å². The normalized spacial score (nSPS) is 17.9. The first-order valence-electron chi connectivity index (χ1n) is 7.01. The Bertz CT molecular complexity index is 621. The summed E-state index contributed by atoms with van der Waals surface area (Å²) in [7, 11) is 0. The lowest BCUT2D eigenvalue weighted by Gasteiger charge is -2.20. The molecule has 3 rings (SSSR count). The Kier molecular flexibility index (Phi) is 3.49. The quantitative estimate of drug-likeness (QED) is 0.931. The van der Waals surface area contributed by atoms with Crippen LogP contribution < -0.4 is 4.74 Å². The fourth-order valence-electron chi connectivity index (χ4n) is 2.82. The van der Waals surface area contributed by atoms with Crippen molar-refractivity contribution in [3.8, 4) is 11.4 Å². The highest BCUT2D eigenvalue weighted by molar-refractivity contribution is 5.43. The van der Waals surface area contributed by atoms with Gasteiger partial charge in [0.25, 0.3) is 0 Å². The zero-order valence-electron chi connectivity index (χ0n) is 11.5. The number of aliphatic hydroxyl groups is 1. The molecule has 4 heteroatoms. The zero-order chi connectivity index (χ0) is 14.1. The third-order valence-corrected chi connectivity index (χ3v) is 3.77. The second kappa shape index (κ2) is 5.29. The van der Waals surface area contributed by atoms with E-state index in [0.717, 1.165) is 36.2 Å². The van der Waals surface area contributed by atoms with E-state index in [1.807, 2.05) is 29.8 Å². The van der Waals surface area contributed by atoms with Gasteiger partial charge in [0, 0.05) is 29.2 Å². The van der Waals surface area contributed by atoms with E-state index in [9.17, 15) is 9.50 Å². The molecule has 1 aliphatic carbocycles. The number of hydrogen-bond donors (Lipinski definition) is 1. The molecule has 0 bridgehead atoms. The average molecular weight is 275 g/mol. The Labute approximate surface area is 117 Å². The molecule has 0 fully saturated rings. The van der Waals surface area contributed by atoms with Gasteiger partial charge in [-0.3, -0.25) is 0 Å². The number of rotatable bonds is 3. The molecule has 0 spiro atoms. The predicted molar refractivity (Wildman–Crippen MR) is 74.8 cm³/mol. The number of benzene rings is 1. The maximum atomic E-state index is 14.0. The highest BCUT2D eigenvalue weighted by Crippen LogP contribution is 2.32. The summed E-state index contributed by atoms with van der Waals surface area (Å²) in [4.78, 5) is 0. The van der Waals surface area contributed by atoms with Crippen LogP contribution in [0.3, 0.4) is 0 Å². The average Bonchev–Trinajstić information content (AvgIpc) is 2.87. The molecule has 1 heterocycles. The first-order valence-corrected chi connectivity index (χ1v) is 7.01. The van der Waals surface area contributed by atoms with Gasteiger partial charge in [0.05, 0.1) is 12.7 Å². The first-order chi connectivity index (χ1) is 9.70. The van der Waals surface area contributed by atoms with Gasteiger partial charge < -0.3 is 14.4 Å². The zero-order valence-corrected chi connectivity index (χ0v) is 11.5. The van der Waals surface area contributed by atoms with Gasteiger partial charge in [0.2, 0.25) is 0 Å². The first kappa shape index (κ1) is 13.2. The number of aromatic nitrogens is 1. The van der Waals surface area contributed by atoms with Gasteiger partial charge in [-0.2, -0.15) is 0 Å². The highest BCUT2D eigenvalue weighted by Gasteiger charge is 2.21. The molecule has 1 N–H and O–H groups in total. The summed E-state index contributed by atoms with van der Waals surface area (Å²) in [6.45, 7) is 2.28. The third-order valence-electron chi connectivity index (χ3n) is 3.77. The second-order valence-corrected chi connectivity index (χ2v) is 5.04. The molecule has 0 saturated heterocycles. The number of fused-ring (bicyclic) bond motifs is 1. The van der Waals surface area contributed by atoms with Crippen LogP contribution in [0.15, 0.2) is 30.5 Å². The van der Waals surface area contributed by atoms with Gasteiger partial charge in [-0.15, -0.1) is 0 Å². The van der Waals surface area contributed by atoms with Crippen LogP contribution in [0.1, 0.15) is 37.1 Å². The van der Waals surface area contributed by atoms with Crippen molar-refractivity contribution >= 4 is 0 Å². The monoisotopic (exact) mass is 275 g/mol. The summed E-state index contributed by atoms with van der Waals surface area (Å²) in [5.41, 5.74) is 2.80. The summed E-state index contributed by atoms with van der Waals surface area (Å²) in [5, 5.41) is 9.98. The van der Waals surface area contributed by atoms with Gasteiger partial charge >= 0.3 is 0 Å². The van der Waals surface area contributed by atoms with Gasteiger partial charge in [-0.25, -0.2) is 4.39 Å². The summed E-state index contributed by atoms with van der Waals surface area (Å²) in [5.74, 6) is -0.0829. The van der Waals surface area contributed by atoms with Crippen molar-refractivity contribution in [3.05, 3.63) is 47.5 Å². The fraction of sp³-hybridized carbons (Fsp3) is 0.375. The minimum absolute atomic E-state index is 0.275. The minimum Gasteiger partial charge on any atom is -0.491 e. The van der Waals surface area contributed by atoms with E-state index >= 15 is 0 Å². The van der Waals surface area contributed by atoms with Crippen LogP contribution in [-0.4, -0.2) is 16.3 Å². The Morgan fingerprint density at radius 1 is 1.40 bits per heavy atom. The maximum Gasteiger partial charge on any atom is 0.167 e. The van der Waals surface area contributed by atoms with E-state index in [2.05, 4.69) is 0 Å². The summed E-state index contributed by atoms with van der Waals surface area (Å²) >= 11 is 0. The van der Waals surface area contributed by atoms with Gasteiger partial charge in [-0.1, -0.05) is 0 Å². The molecular formula is C16H18FNO2. The lowest BCUT2D eigenvalue weighted by atomic mass is 9.95. The van der Waals surface area contributed by atoms with Gasteiger partial charge in [0.1, 0.15) is 0 Å². The highest BCUT2D eigenvalue weighted by atomic mass is 19.1. The number of hydrogen-bond acceptors (Lipinski definition) is 2. The van der Waals surface area contributed by atoms with E-state index in [1.165, 1.54) is 6.07 Å². The van der Waals surface area contributed by atoms with Crippen molar-refractivity contribution in [3.63, 3.8) is 0 Å². The van der Waals surface area contributed by atoms with Crippen LogP contribution in [0.2, 0.25) is 0 Å². The van der Waals surface area contributed by atoms with E-state index in [1.54, 1.807) is 6.07 Å². The number of nitrogens with zero attached hydrogens (tertiary/aromatic N) is 1. The van der Waals surface area contributed by atoms with Crippen LogP contribution in [-0.2, 0) is 6.42 Å². The predicted octanol–water partition coefficient (Wildman–Crippen LogP) is 3.38. The number of ether oxygens (including phenoxy) is 1. The van der Waals surface area contributed by atoms with E-state index < -0.39 is 6.10 Å². The van der Waals surface area contributed by atoms with Gasteiger partial charge in [0.15, 0.2) is 11.6 Å². The van der Waals surface area contributed by atoms with Crippen LogP contribution >= 0.6 is 0 Å². The second-order valence-electron chi connectivity index (χ2n) is 5.04. The van der Waals surface area contributed by atoms with Crippen molar-refractivity contribution in [2.75, 3.05) is 6.61 Å². The molecular weight excluding hydrogens is 257 g/mol. The maximum absolute atomic E-state index is 14.0. The van der Waals surface area contributed by atoms with Crippen molar-refractivity contribution in [2.45, 2.75) is 32.3 Å². The Morgan fingerprint density at radius 2 is 2.25 bits per heavy atom. The Morgan fingerprint density at radius 3 is 3.00 bits per heavy atom. The van der Waals surface area contributed by atoms with Gasteiger partial charge in [-0.05, 0) is 44.4 Å². The lowest BCUT2D eigenvalue weighted by molar-refractivity contribution is 0.156. The molecule has 1 aromatic heterocycles. The molecule has 1 atom stereocenters. The van der Waals surface area contributed by atoms with Crippen molar-refractivity contribution in [1.29, 1.82) is 0 Å². The number of halogens is 1. The third kappa shape index (κ3) is 2.20. The Balaban J connectivity index is 1.99. The minimum atomic E-state index is -0.396. The summed E-state index contributed by atoms with van der Waals surface area (Å²) in [6.07, 6.45) is 4.17. The summed E-state index contributed by atoms with van der Waals surface area (Å²) in [6, 6.07) is 6.90. The molecule has 3 nitrogen and oxygen atoms in total. The molecule has 2 aromatic rings. The van der Waals surface area contributed by atoms with E-state index in [0.29, 0.717) is 6.61 Å². The Hall–Kier alpha value is -1.81. The van der Waals surface area contributed by atoms with E-state index in [-0.39, 0.29) is 11.6 Å². The number of aliphatic hydroxyl groups excluding tert-OH is 1. The van der Waals surface area contributed by atoms with Crippen molar-refractivity contribution in [1.82, 2.24) is 4.57 Å². The SMILES string of the molecule is CCOc1ccc(-n2ccc3c2CCCC3O)cc1F. The molecule has 106 valence electrons. The van der Waals surface area contributed by atoms with Crippen LogP contribution in [0.4, 0.5) is 4.39 Å².